The van der Waals surface area contributed by atoms with Gasteiger partial charge >= 0.3 is 6.03 Å². The van der Waals surface area contributed by atoms with Gasteiger partial charge < -0.3 is 10.2 Å². The van der Waals surface area contributed by atoms with Crippen molar-refractivity contribution in [2.75, 3.05) is 6.54 Å². The first-order valence-corrected chi connectivity index (χ1v) is 7.94. The number of rotatable bonds is 1. The molecule has 1 saturated carbocycles. The van der Waals surface area contributed by atoms with E-state index in [-0.39, 0.29) is 6.03 Å². The summed E-state index contributed by atoms with van der Waals surface area (Å²) in [7, 11) is 0. The molecule has 20 heavy (non-hydrogen) atoms. The van der Waals surface area contributed by atoms with Crippen LogP contribution in [-0.2, 0) is 25.9 Å². The third kappa shape index (κ3) is 2.00. The van der Waals surface area contributed by atoms with Crippen LogP contribution < -0.4 is 5.32 Å². The smallest absolute Gasteiger partial charge is 0.318 e. The van der Waals surface area contributed by atoms with Crippen LogP contribution in [0.1, 0.15) is 49.1 Å². The summed E-state index contributed by atoms with van der Waals surface area (Å²) in [4.78, 5) is 14.3. The molecule has 0 radical (unpaired) electrons. The molecular formula is C15H22N4O. The molecule has 1 aromatic rings. The van der Waals surface area contributed by atoms with E-state index in [1.165, 1.54) is 36.2 Å². The molecule has 0 saturated heterocycles. The summed E-state index contributed by atoms with van der Waals surface area (Å²) in [5.41, 5.74) is 3.98. The molecular weight excluding hydrogens is 252 g/mol. The van der Waals surface area contributed by atoms with Crippen LogP contribution in [0.5, 0.6) is 0 Å². The minimum atomic E-state index is 0.121. The van der Waals surface area contributed by atoms with Gasteiger partial charge in [0.2, 0.25) is 0 Å². The van der Waals surface area contributed by atoms with E-state index in [9.17, 15) is 4.79 Å². The predicted octanol–water partition coefficient (Wildman–Crippen LogP) is 1.84. The molecule has 2 heterocycles. The lowest BCUT2D eigenvalue weighted by Gasteiger charge is -2.29. The van der Waals surface area contributed by atoms with E-state index in [4.69, 9.17) is 0 Å². The zero-order valence-corrected chi connectivity index (χ0v) is 11.9. The molecule has 2 amide bonds. The Hall–Kier alpha value is -1.52. The molecule has 0 atom stereocenters. The molecule has 1 aromatic heterocycles. The molecule has 1 N–H and O–H groups in total. The second kappa shape index (κ2) is 4.79. The van der Waals surface area contributed by atoms with Gasteiger partial charge in [0, 0.05) is 12.6 Å². The largest absolute Gasteiger partial charge is 0.335 e. The zero-order valence-electron chi connectivity index (χ0n) is 11.9. The third-order valence-corrected chi connectivity index (χ3v) is 4.98. The van der Waals surface area contributed by atoms with Crippen molar-refractivity contribution in [2.45, 2.75) is 64.1 Å². The van der Waals surface area contributed by atoms with Crippen molar-refractivity contribution in [3.63, 3.8) is 0 Å². The Balaban J connectivity index is 1.47. The molecule has 0 bridgehead atoms. The molecule has 5 heteroatoms. The molecule has 3 aliphatic rings. The standard InChI is InChI=1S/C15H22N4O/c20-15(16-11-4-1-2-5-11)18-8-9-19-14(10-18)12-6-3-7-13(12)17-19/h11H,1-10H2,(H,16,20). The first-order chi connectivity index (χ1) is 9.81. The van der Waals surface area contributed by atoms with Gasteiger partial charge in [-0.3, -0.25) is 4.68 Å². The maximum absolute atomic E-state index is 12.4. The van der Waals surface area contributed by atoms with Crippen LogP contribution in [-0.4, -0.2) is 33.3 Å². The van der Waals surface area contributed by atoms with E-state index >= 15 is 0 Å². The van der Waals surface area contributed by atoms with Crippen molar-refractivity contribution in [1.29, 1.82) is 0 Å². The van der Waals surface area contributed by atoms with Gasteiger partial charge in [-0.25, -0.2) is 4.79 Å². The normalized spacial score (nSPS) is 21.9. The summed E-state index contributed by atoms with van der Waals surface area (Å²) in [6, 6.07) is 0.524. The van der Waals surface area contributed by atoms with Gasteiger partial charge in [0.05, 0.1) is 24.5 Å². The summed E-state index contributed by atoms with van der Waals surface area (Å²) >= 11 is 0. The number of amides is 2. The Morgan fingerprint density at radius 3 is 2.85 bits per heavy atom. The van der Waals surface area contributed by atoms with Crippen LogP contribution in [0.4, 0.5) is 4.79 Å². The number of nitrogens with one attached hydrogen (secondary N) is 1. The summed E-state index contributed by atoms with van der Waals surface area (Å²) < 4.78 is 2.13. The molecule has 1 aliphatic heterocycles. The summed E-state index contributed by atoms with van der Waals surface area (Å²) in [6.07, 6.45) is 8.28. The van der Waals surface area contributed by atoms with Crippen molar-refractivity contribution in [3.05, 3.63) is 17.0 Å². The van der Waals surface area contributed by atoms with Gasteiger partial charge in [-0.1, -0.05) is 12.8 Å². The molecule has 2 aliphatic carbocycles. The maximum Gasteiger partial charge on any atom is 0.318 e. The topological polar surface area (TPSA) is 50.2 Å². The highest BCUT2D eigenvalue weighted by Crippen LogP contribution is 2.28. The number of nitrogens with zero attached hydrogens (tertiary/aromatic N) is 3. The van der Waals surface area contributed by atoms with Crippen molar-refractivity contribution in [2.24, 2.45) is 0 Å². The maximum atomic E-state index is 12.4. The number of aryl methyl sites for hydroxylation is 1. The van der Waals surface area contributed by atoms with Crippen LogP contribution in [0, 0.1) is 0 Å². The summed E-state index contributed by atoms with van der Waals surface area (Å²) in [5.74, 6) is 0. The number of fused-ring (bicyclic) bond motifs is 3. The van der Waals surface area contributed by atoms with Gasteiger partial charge in [-0.15, -0.1) is 0 Å². The van der Waals surface area contributed by atoms with Gasteiger partial charge in [0.1, 0.15) is 0 Å². The van der Waals surface area contributed by atoms with Crippen molar-refractivity contribution < 1.29 is 4.79 Å². The van der Waals surface area contributed by atoms with Crippen LogP contribution >= 0.6 is 0 Å². The van der Waals surface area contributed by atoms with Gasteiger partial charge in [0.15, 0.2) is 0 Å². The number of hydrogen-bond acceptors (Lipinski definition) is 2. The van der Waals surface area contributed by atoms with E-state index in [0.29, 0.717) is 6.04 Å². The highest BCUT2D eigenvalue weighted by molar-refractivity contribution is 5.74. The molecule has 5 nitrogen and oxygen atoms in total. The van der Waals surface area contributed by atoms with Crippen LogP contribution in [0.25, 0.3) is 0 Å². The zero-order chi connectivity index (χ0) is 13.5. The summed E-state index contributed by atoms with van der Waals surface area (Å²) in [6.45, 7) is 2.37. The monoisotopic (exact) mass is 274 g/mol. The predicted molar refractivity (Wildman–Crippen MR) is 75.4 cm³/mol. The molecule has 108 valence electrons. The minimum Gasteiger partial charge on any atom is -0.335 e. The van der Waals surface area contributed by atoms with E-state index in [1.54, 1.807) is 0 Å². The Morgan fingerprint density at radius 2 is 2.00 bits per heavy atom. The van der Waals surface area contributed by atoms with E-state index in [1.807, 2.05) is 4.90 Å². The second-order valence-electron chi connectivity index (χ2n) is 6.30. The fourth-order valence-corrected chi connectivity index (χ4v) is 3.86. The average molecular weight is 274 g/mol. The molecule has 0 unspecified atom stereocenters. The third-order valence-electron chi connectivity index (χ3n) is 4.98. The van der Waals surface area contributed by atoms with Gasteiger partial charge in [-0.05, 0) is 37.7 Å². The Labute approximate surface area is 119 Å². The van der Waals surface area contributed by atoms with Crippen molar-refractivity contribution in [3.8, 4) is 0 Å². The second-order valence-corrected chi connectivity index (χ2v) is 6.30. The quantitative estimate of drug-likeness (QED) is 0.849. The number of carbonyl (C=O) groups is 1. The fraction of sp³-hybridized carbons (Fsp3) is 0.733. The van der Waals surface area contributed by atoms with Crippen molar-refractivity contribution in [1.82, 2.24) is 20.0 Å². The van der Waals surface area contributed by atoms with Crippen LogP contribution in [0.3, 0.4) is 0 Å². The lowest BCUT2D eigenvalue weighted by molar-refractivity contribution is 0.177. The highest BCUT2D eigenvalue weighted by Gasteiger charge is 2.29. The van der Waals surface area contributed by atoms with Gasteiger partial charge in [0.25, 0.3) is 0 Å². The number of urea groups is 1. The first-order valence-electron chi connectivity index (χ1n) is 7.94. The van der Waals surface area contributed by atoms with E-state index in [0.717, 1.165) is 45.3 Å². The Bertz CT molecular complexity index is 530. The molecule has 0 aromatic carbocycles. The van der Waals surface area contributed by atoms with Gasteiger partial charge in [-0.2, -0.15) is 5.10 Å². The highest BCUT2D eigenvalue weighted by atomic mass is 16.2. The Morgan fingerprint density at radius 1 is 1.15 bits per heavy atom. The molecule has 1 fully saturated rings. The van der Waals surface area contributed by atoms with Crippen LogP contribution in [0.15, 0.2) is 0 Å². The van der Waals surface area contributed by atoms with Crippen molar-refractivity contribution >= 4 is 6.03 Å². The Kier molecular flexibility index (Phi) is 2.93. The number of hydrogen-bond donors (Lipinski definition) is 1. The lowest BCUT2D eigenvalue weighted by atomic mass is 10.1. The lowest BCUT2D eigenvalue weighted by Crippen LogP contribution is -2.47. The minimum absolute atomic E-state index is 0.121. The molecule has 0 spiro atoms. The fourth-order valence-electron chi connectivity index (χ4n) is 3.86. The molecule has 4 rings (SSSR count). The summed E-state index contributed by atoms with van der Waals surface area (Å²) in [5, 5.41) is 7.88. The van der Waals surface area contributed by atoms with E-state index < -0.39 is 0 Å². The number of carbonyl (C=O) groups excluding carboxylic acids is 1. The first kappa shape index (κ1) is 12.2. The van der Waals surface area contributed by atoms with E-state index in [2.05, 4.69) is 15.1 Å². The number of aromatic nitrogens is 2. The SMILES string of the molecule is O=C(NC1CCCC1)N1CCn2nc3c(c2C1)CCC3. The average Bonchev–Trinajstić information content (AvgIpc) is 3.13. The van der Waals surface area contributed by atoms with Crippen LogP contribution in [0.2, 0.25) is 0 Å².